The molecule has 28 heavy (non-hydrogen) atoms. The Balaban J connectivity index is 1.19. The number of anilines is 1. The maximum absolute atomic E-state index is 12.7. The number of nitrogens with one attached hydrogen (secondary N) is 1. The summed E-state index contributed by atoms with van der Waals surface area (Å²) in [4.78, 5) is 21.7. The Kier molecular flexibility index (Phi) is 6.22. The van der Waals surface area contributed by atoms with Crippen LogP contribution in [0.2, 0.25) is 0 Å². The van der Waals surface area contributed by atoms with Gasteiger partial charge in [0.05, 0.1) is 0 Å². The van der Waals surface area contributed by atoms with Crippen LogP contribution in [0.4, 0.5) is 5.69 Å². The molecular weight excluding hydrogens is 348 g/mol. The van der Waals surface area contributed by atoms with Crippen molar-refractivity contribution in [2.45, 2.75) is 38.3 Å². The smallest absolute Gasteiger partial charge is 0.223 e. The Hall–Kier alpha value is -2.40. The molecule has 1 N–H and O–H groups in total. The number of carbonyl (C=O) groups excluding carboxylic acids is 1. The highest BCUT2D eigenvalue weighted by atomic mass is 16.1. The van der Waals surface area contributed by atoms with Gasteiger partial charge in [-0.05, 0) is 43.4 Å². The highest BCUT2D eigenvalue weighted by Gasteiger charge is 2.28. The van der Waals surface area contributed by atoms with Gasteiger partial charge in [0.25, 0.3) is 0 Å². The minimum absolute atomic E-state index is 0.153. The van der Waals surface area contributed by atoms with Gasteiger partial charge in [0.1, 0.15) is 0 Å². The number of nitrogens with zero attached hydrogens (tertiary/aromatic N) is 3. The molecule has 5 nitrogen and oxygen atoms in total. The molecule has 0 aliphatic carbocycles. The molecular formula is C23H30N4O. The molecule has 0 saturated carbocycles. The number of aromatic nitrogens is 1. The molecule has 2 aliphatic heterocycles. The molecule has 0 radical (unpaired) electrons. The first-order chi connectivity index (χ1) is 13.8. The average molecular weight is 379 g/mol. The quantitative estimate of drug-likeness (QED) is 0.869. The van der Waals surface area contributed by atoms with Gasteiger partial charge in [-0.1, -0.05) is 30.3 Å². The molecule has 2 aliphatic rings. The third-order valence-corrected chi connectivity index (χ3v) is 6.08. The predicted molar refractivity (Wildman–Crippen MR) is 112 cm³/mol. The van der Waals surface area contributed by atoms with E-state index in [0.29, 0.717) is 6.04 Å². The van der Waals surface area contributed by atoms with E-state index in [0.717, 1.165) is 58.4 Å². The lowest BCUT2D eigenvalue weighted by molar-refractivity contribution is -0.126. The largest absolute Gasteiger partial charge is 0.371 e. The number of hydrogen-bond donors (Lipinski definition) is 1. The molecule has 2 fully saturated rings. The van der Waals surface area contributed by atoms with Crippen LogP contribution in [-0.4, -0.2) is 48.0 Å². The van der Waals surface area contributed by atoms with Gasteiger partial charge in [0.2, 0.25) is 5.91 Å². The summed E-state index contributed by atoms with van der Waals surface area (Å²) in [5.74, 6) is 0.413. The molecule has 1 aromatic heterocycles. The van der Waals surface area contributed by atoms with Gasteiger partial charge >= 0.3 is 0 Å². The first kappa shape index (κ1) is 18.9. The van der Waals surface area contributed by atoms with Crippen molar-refractivity contribution in [2.75, 3.05) is 31.1 Å². The lowest BCUT2D eigenvalue weighted by atomic mass is 9.94. The van der Waals surface area contributed by atoms with Crippen LogP contribution >= 0.6 is 0 Å². The molecule has 5 heteroatoms. The minimum atomic E-state index is 0.153. The number of hydrogen-bond acceptors (Lipinski definition) is 4. The molecule has 1 amide bonds. The SMILES string of the molecule is O=C(NC1CCN(Cc2ccccc2)CC1)C1CCN(c2ccncc2)CC1. The van der Waals surface area contributed by atoms with Gasteiger partial charge in [-0.3, -0.25) is 14.7 Å². The Morgan fingerprint density at radius 3 is 2.29 bits per heavy atom. The molecule has 0 spiro atoms. The van der Waals surface area contributed by atoms with E-state index in [1.165, 1.54) is 11.3 Å². The topological polar surface area (TPSA) is 48.5 Å². The van der Waals surface area contributed by atoms with E-state index in [-0.39, 0.29) is 11.8 Å². The van der Waals surface area contributed by atoms with Crippen molar-refractivity contribution in [1.82, 2.24) is 15.2 Å². The second-order valence-corrected chi connectivity index (χ2v) is 8.01. The number of likely N-dealkylation sites (tertiary alicyclic amines) is 1. The van der Waals surface area contributed by atoms with Crippen molar-refractivity contribution >= 4 is 11.6 Å². The van der Waals surface area contributed by atoms with E-state index in [1.54, 1.807) is 0 Å². The summed E-state index contributed by atoms with van der Waals surface area (Å²) in [5, 5.41) is 3.33. The zero-order valence-corrected chi connectivity index (χ0v) is 16.5. The van der Waals surface area contributed by atoms with Crippen LogP contribution in [0, 0.1) is 5.92 Å². The molecule has 3 heterocycles. The molecule has 0 bridgehead atoms. The third-order valence-electron chi connectivity index (χ3n) is 6.08. The lowest BCUT2D eigenvalue weighted by Crippen LogP contribution is -2.48. The highest BCUT2D eigenvalue weighted by molar-refractivity contribution is 5.79. The number of pyridine rings is 1. The van der Waals surface area contributed by atoms with Gasteiger partial charge in [0.15, 0.2) is 0 Å². The van der Waals surface area contributed by atoms with Crippen LogP contribution in [0.3, 0.4) is 0 Å². The van der Waals surface area contributed by atoms with E-state index < -0.39 is 0 Å². The number of benzene rings is 1. The molecule has 4 rings (SSSR count). The van der Waals surface area contributed by atoms with Gasteiger partial charge < -0.3 is 10.2 Å². The number of rotatable bonds is 5. The van der Waals surface area contributed by atoms with Gasteiger partial charge in [-0.25, -0.2) is 0 Å². The van der Waals surface area contributed by atoms with Gasteiger partial charge in [0, 0.05) is 62.8 Å². The van der Waals surface area contributed by atoms with E-state index in [4.69, 9.17) is 0 Å². The van der Waals surface area contributed by atoms with E-state index in [2.05, 4.69) is 50.4 Å². The fraction of sp³-hybridized carbons (Fsp3) is 0.478. The summed E-state index contributed by atoms with van der Waals surface area (Å²) < 4.78 is 0. The van der Waals surface area contributed by atoms with E-state index in [1.807, 2.05) is 24.5 Å². The summed E-state index contributed by atoms with van der Waals surface area (Å²) >= 11 is 0. The van der Waals surface area contributed by atoms with Crippen molar-refractivity contribution in [3.63, 3.8) is 0 Å². The number of amides is 1. The van der Waals surface area contributed by atoms with Crippen LogP contribution in [0.15, 0.2) is 54.9 Å². The Morgan fingerprint density at radius 1 is 0.929 bits per heavy atom. The second-order valence-electron chi connectivity index (χ2n) is 8.01. The van der Waals surface area contributed by atoms with Crippen molar-refractivity contribution < 1.29 is 4.79 Å². The molecule has 2 saturated heterocycles. The number of carbonyl (C=O) groups is 1. The number of piperidine rings is 2. The van der Waals surface area contributed by atoms with E-state index in [9.17, 15) is 4.79 Å². The zero-order valence-electron chi connectivity index (χ0n) is 16.5. The van der Waals surface area contributed by atoms with E-state index >= 15 is 0 Å². The maximum atomic E-state index is 12.7. The summed E-state index contributed by atoms with van der Waals surface area (Å²) in [6.07, 6.45) is 7.63. The van der Waals surface area contributed by atoms with Gasteiger partial charge in [-0.2, -0.15) is 0 Å². The van der Waals surface area contributed by atoms with Crippen molar-refractivity contribution in [1.29, 1.82) is 0 Å². The molecule has 148 valence electrons. The molecule has 1 aromatic carbocycles. The second kappa shape index (κ2) is 9.20. The lowest BCUT2D eigenvalue weighted by Gasteiger charge is -2.35. The predicted octanol–water partition coefficient (Wildman–Crippen LogP) is 3.08. The molecule has 0 atom stereocenters. The minimum Gasteiger partial charge on any atom is -0.371 e. The fourth-order valence-electron chi connectivity index (χ4n) is 4.35. The summed E-state index contributed by atoms with van der Waals surface area (Å²) in [7, 11) is 0. The molecule has 0 unspecified atom stereocenters. The first-order valence-electron chi connectivity index (χ1n) is 10.5. The highest BCUT2D eigenvalue weighted by Crippen LogP contribution is 2.23. The maximum Gasteiger partial charge on any atom is 0.223 e. The Labute approximate surface area is 167 Å². The normalized spacial score (nSPS) is 19.5. The molecule has 2 aromatic rings. The van der Waals surface area contributed by atoms with Crippen LogP contribution in [0.25, 0.3) is 0 Å². The fourth-order valence-corrected chi connectivity index (χ4v) is 4.35. The standard InChI is InChI=1S/C23H30N4O/c28-23(20-8-16-27(17-9-20)22-6-12-24-13-7-22)25-21-10-14-26(15-11-21)18-19-4-2-1-3-5-19/h1-7,12-13,20-21H,8-11,14-18H2,(H,25,28). The van der Waals surface area contributed by atoms with Crippen molar-refractivity contribution in [3.8, 4) is 0 Å². The van der Waals surface area contributed by atoms with Crippen LogP contribution in [0.5, 0.6) is 0 Å². The summed E-state index contributed by atoms with van der Waals surface area (Å²) in [6.45, 7) is 5.00. The van der Waals surface area contributed by atoms with Crippen molar-refractivity contribution in [3.05, 3.63) is 60.4 Å². The van der Waals surface area contributed by atoms with Crippen molar-refractivity contribution in [2.24, 2.45) is 5.92 Å². The summed E-state index contributed by atoms with van der Waals surface area (Å²) in [5.41, 5.74) is 2.57. The monoisotopic (exact) mass is 378 g/mol. The Bertz CT molecular complexity index is 736. The first-order valence-corrected chi connectivity index (χ1v) is 10.5. The van der Waals surface area contributed by atoms with Gasteiger partial charge in [-0.15, -0.1) is 0 Å². The third kappa shape index (κ3) is 4.90. The van der Waals surface area contributed by atoms with Crippen LogP contribution in [0.1, 0.15) is 31.2 Å². The van der Waals surface area contributed by atoms with Crippen LogP contribution < -0.4 is 10.2 Å². The Morgan fingerprint density at radius 2 is 1.61 bits per heavy atom. The average Bonchev–Trinajstić information content (AvgIpc) is 2.76. The summed E-state index contributed by atoms with van der Waals surface area (Å²) in [6, 6.07) is 15.1. The van der Waals surface area contributed by atoms with Crippen LogP contribution in [-0.2, 0) is 11.3 Å². The zero-order chi connectivity index (χ0) is 19.2.